The van der Waals surface area contributed by atoms with Crippen LogP contribution in [0.3, 0.4) is 0 Å². The molecule has 2 atom stereocenters. The summed E-state index contributed by atoms with van der Waals surface area (Å²) >= 11 is 0. The normalized spacial score (nSPS) is 39.2. The lowest BCUT2D eigenvalue weighted by molar-refractivity contribution is -0.210. The molecule has 0 aromatic rings. The molecule has 0 unspecified atom stereocenters. The summed E-state index contributed by atoms with van der Waals surface area (Å²) < 4.78 is 5.77. The highest BCUT2D eigenvalue weighted by molar-refractivity contribution is 5.79. The van der Waals surface area contributed by atoms with Crippen molar-refractivity contribution in [3.05, 3.63) is 0 Å². The predicted molar refractivity (Wildman–Crippen MR) is 76.2 cm³/mol. The average Bonchev–Trinajstić information content (AvgIpc) is 2.43. The van der Waals surface area contributed by atoms with Crippen LogP contribution in [0.15, 0.2) is 0 Å². The van der Waals surface area contributed by atoms with E-state index >= 15 is 0 Å². The van der Waals surface area contributed by atoms with Gasteiger partial charge < -0.3 is 14.7 Å². The first-order valence-corrected chi connectivity index (χ1v) is 8.15. The van der Waals surface area contributed by atoms with Crippen LogP contribution in [0, 0.1) is 17.3 Å². The number of carbonyl (C=O) groups excluding carboxylic acids is 1. The SMILES string of the molecule is CCO[C@H]1C[C@H](O)C12CCN(C(=O)C1CC(C)C1)CC2. The van der Waals surface area contributed by atoms with Crippen molar-refractivity contribution >= 4 is 5.91 Å². The highest BCUT2D eigenvalue weighted by Crippen LogP contribution is 2.51. The van der Waals surface area contributed by atoms with Gasteiger partial charge in [0.25, 0.3) is 0 Å². The number of ether oxygens (including phenoxy) is 1. The second kappa shape index (κ2) is 5.30. The van der Waals surface area contributed by atoms with E-state index in [0.717, 1.165) is 51.1 Å². The summed E-state index contributed by atoms with van der Waals surface area (Å²) in [6.07, 6.45) is 4.64. The molecule has 1 aliphatic heterocycles. The first-order chi connectivity index (χ1) is 9.56. The first-order valence-electron chi connectivity index (χ1n) is 8.15. The van der Waals surface area contributed by atoms with Crippen molar-refractivity contribution in [2.45, 2.75) is 58.2 Å². The smallest absolute Gasteiger partial charge is 0.225 e. The number of piperidine rings is 1. The van der Waals surface area contributed by atoms with E-state index in [2.05, 4.69) is 6.92 Å². The second-order valence-corrected chi connectivity index (χ2v) is 7.03. The van der Waals surface area contributed by atoms with Gasteiger partial charge in [-0.1, -0.05) is 6.92 Å². The maximum Gasteiger partial charge on any atom is 0.225 e. The van der Waals surface area contributed by atoms with Crippen LogP contribution >= 0.6 is 0 Å². The molecule has 3 aliphatic rings. The molecule has 1 N–H and O–H groups in total. The molecule has 0 radical (unpaired) electrons. The third-order valence-corrected chi connectivity index (χ3v) is 5.84. The zero-order chi connectivity index (χ0) is 14.3. The molecule has 3 fully saturated rings. The Kier molecular flexibility index (Phi) is 3.80. The van der Waals surface area contributed by atoms with Crippen molar-refractivity contribution in [2.24, 2.45) is 17.3 Å². The Morgan fingerprint density at radius 1 is 1.30 bits per heavy atom. The molecule has 0 aromatic carbocycles. The Labute approximate surface area is 121 Å². The molecule has 1 heterocycles. The van der Waals surface area contributed by atoms with E-state index in [-0.39, 0.29) is 23.5 Å². The number of carbonyl (C=O) groups is 1. The van der Waals surface area contributed by atoms with Crippen LogP contribution in [0.1, 0.15) is 46.0 Å². The number of amides is 1. The number of hydrogen-bond acceptors (Lipinski definition) is 3. The zero-order valence-electron chi connectivity index (χ0n) is 12.7. The van der Waals surface area contributed by atoms with E-state index in [9.17, 15) is 9.90 Å². The molecule has 3 rings (SSSR count). The molecule has 20 heavy (non-hydrogen) atoms. The average molecular weight is 281 g/mol. The van der Waals surface area contributed by atoms with Crippen molar-refractivity contribution < 1.29 is 14.6 Å². The van der Waals surface area contributed by atoms with E-state index in [1.807, 2.05) is 11.8 Å². The number of hydrogen-bond donors (Lipinski definition) is 1. The molecule has 1 spiro atoms. The monoisotopic (exact) mass is 281 g/mol. The summed E-state index contributed by atoms with van der Waals surface area (Å²) in [5.74, 6) is 1.34. The molecule has 0 bridgehead atoms. The van der Waals surface area contributed by atoms with Gasteiger partial charge in [0, 0.05) is 37.5 Å². The second-order valence-electron chi connectivity index (χ2n) is 7.03. The van der Waals surface area contributed by atoms with Gasteiger partial charge in [0.15, 0.2) is 0 Å². The summed E-state index contributed by atoms with van der Waals surface area (Å²) in [4.78, 5) is 14.4. The van der Waals surface area contributed by atoms with E-state index in [1.165, 1.54) is 0 Å². The van der Waals surface area contributed by atoms with Crippen LogP contribution in [0.5, 0.6) is 0 Å². The largest absolute Gasteiger partial charge is 0.392 e. The molecular weight excluding hydrogens is 254 g/mol. The highest BCUT2D eigenvalue weighted by Gasteiger charge is 2.56. The van der Waals surface area contributed by atoms with Crippen molar-refractivity contribution in [3.8, 4) is 0 Å². The Morgan fingerprint density at radius 3 is 2.45 bits per heavy atom. The molecular formula is C16H27NO3. The molecule has 1 amide bonds. The van der Waals surface area contributed by atoms with Gasteiger partial charge in [-0.2, -0.15) is 0 Å². The quantitative estimate of drug-likeness (QED) is 0.858. The molecule has 4 heteroatoms. The van der Waals surface area contributed by atoms with Gasteiger partial charge in [-0.25, -0.2) is 0 Å². The maximum absolute atomic E-state index is 12.4. The molecule has 0 aromatic heterocycles. The van der Waals surface area contributed by atoms with Crippen LogP contribution < -0.4 is 0 Å². The molecule has 114 valence electrons. The Balaban J connectivity index is 1.55. The Hall–Kier alpha value is -0.610. The van der Waals surface area contributed by atoms with Crippen molar-refractivity contribution in [1.82, 2.24) is 4.90 Å². The van der Waals surface area contributed by atoms with Crippen LogP contribution in [-0.4, -0.2) is 47.8 Å². The van der Waals surface area contributed by atoms with Crippen LogP contribution in [0.25, 0.3) is 0 Å². The molecule has 2 saturated carbocycles. The number of nitrogens with zero attached hydrogens (tertiary/aromatic N) is 1. The van der Waals surface area contributed by atoms with Crippen LogP contribution in [-0.2, 0) is 9.53 Å². The van der Waals surface area contributed by atoms with Gasteiger partial charge in [0.05, 0.1) is 12.2 Å². The third-order valence-electron chi connectivity index (χ3n) is 5.84. The fourth-order valence-corrected chi connectivity index (χ4v) is 4.32. The minimum atomic E-state index is -0.236. The summed E-state index contributed by atoms with van der Waals surface area (Å²) in [5.41, 5.74) is -0.0697. The Morgan fingerprint density at radius 2 is 1.95 bits per heavy atom. The zero-order valence-corrected chi connectivity index (χ0v) is 12.7. The topological polar surface area (TPSA) is 49.8 Å². The highest BCUT2D eigenvalue weighted by atomic mass is 16.5. The van der Waals surface area contributed by atoms with Crippen molar-refractivity contribution in [2.75, 3.05) is 19.7 Å². The standard InChI is InChI=1S/C16H27NO3/c1-3-20-14-10-13(18)16(14)4-6-17(7-5-16)15(19)12-8-11(2)9-12/h11-14,18H,3-10H2,1-2H3/t11?,12?,13-,14-/m0/s1. The van der Waals surface area contributed by atoms with Gasteiger partial charge in [0.1, 0.15) is 0 Å². The molecule has 2 aliphatic carbocycles. The fourth-order valence-electron chi connectivity index (χ4n) is 4.32. The van der Waals surface area contributed by atoms with Crippen LogP contribution in [0.2, 0.25) is 0 Å². The van der Waals surface area contributed by atoms with Gasteiger partial charge in [-0.15, -0.1) is 0 Å². The molecule has 4 nitrogen and oxygen atoms in total. The summed E-state index contributed by atoms with van der Waals surface area (Å²) in [6.45, 7) is 6.53. The number of rotatable bonds is 3. The number of likely N-dealkylation sites (tertiary alicyclic amines) is 1. The van der Waals surface area contributed by atoms with E-state index in [0.29, 0.717) is 12.5 Å². The lowest BCUT2D eigenvalue weighted by Crippen LogP contribution is -2.63. The Bertz CT molecular complexity index is 368. The number of aliphatic hydroxyl groups is 1. The van der Waals surface area contributed by atoms with Gasteiger partial charge >= 0.3 is 0 Å². The minimum Gasteiger partial charge on any atom is -0.392 e. The lowest BCUT2D eigenvalue weighted by Gasteiger charge is -2.57. The summed E-state index contributed by atoms with van der Waals surface area (Å²) in [7, 11) is 0. The third kappa shape index (κ3) is 2.17. The van der Waals surface area contributed by atoms with Crippen LogP contribution in [0.4, 0.5) is 0 Å². The minimum absolute atomic E-state index is 0.0697. The van der Waals surface area contributed by atoms with Gasteiger partial charge in [-0.3, -0.25) is 4.79 Å². The van der Waals surface area contributed by atoms with Crippen molar-refractivity contribution in [3.63, 3.8) is 0 Å². The van der Waals surface area contributed by atoms with Gasteiger partial charge in [-0.05, 0) is 38.5 Å². The molecule has 1 saturated heterocycles. The van der Waals surface area contributed by atoms with E-state index in [1.54, 1.807) is 0 Å². The first kappa shape index (κ1) is 14.3. The van der Waals surface area contributed by atoms with E-state index < -0.39 is 0 Å². The van der Waals surface area contributed by atoms with E-state index in [4.69, 9.17) is 4.74 Å². The fraction of sp³-hybridized carbons (Fsp3) is 0.938. The predicted octanol–water partition coefficient (Wildman–Crippen LogP) is 1.81. The van der Waals surface area contributed by atoms with Crippen molar-refractivity contribution in [1.29, 1.82) is 0 Å². The van der Waals surface area contributed by atoms with Gasteiger partial charge in [0.2, 0.25) is 5.91 Å². The summed E-state index contributed by atoms with van der Waals surface area (Å²) in [6, 6.07) is 0. The lowest BCUT2D eigenvalue weighted by atomic mass is 9.58. The summed E-state index contributed by atoms with van der Waals surface area (Å²) in [5, 5.41) is 10.2. The number of aliphatic hydroxyl groups excluding tert-OH is 1. The maximum atomic E-state index is 12.4.